The van der Waals surface area contributed by atoms with Crippen LogP contribution in [0.15, 0.2) is 15.8 Å². The van der Waals surface area contributed by atoms with Crippen molar-refractivity contribution < 1.29 is 51.2 Å². The highest BCUT2D eigenvalue weighted by Gasteiger charge is 2.41. The summed E-state index contributed by atoms with van der Waals surface area (Å²) in [6.45, 7) is -0.607. The van der Waals surface area contributed by atoms with Gasteiger partial charge >= 0.3 is 29.2 Å². The van der Waals surface area contributed by atoms with E-state index in [1.165, 1.54) is 13.2 Å². The molecule has 1 fully saturated rings. The molecule has 1 aliphatic heterocycles. The van der Waals surface area contributed by atoms with Gasteiger partial charge in [0.25, 0.3) is 5.56 Å². The van der Waals surface area contributed by atoms with E-state index < -0.39 is 53.5 Å². The smallest absolute Gasteiger partial charge is 0.368 e. The average Bonchev–Trinajstić information content (AvgIpc) is 2.94. The van der Waals surface area contributed by atoms with Gasteiger partial charge in [-0.05, 0) is 12.8 Å². The standard InChI is InChI=1S/C10H17N2O13P3/c1-12-4-7(9(13)11-10(12)14)8-3-2-6(23-8)5-22-27(18,19)25-28(20,21)24-26(15,16)17/h4,6,8H,2-3,5H2,1H3,(H,18,19)(H,20,21)(H,11,13,14)(H2,15,16,17)/t6-,8+/m0/s1. The second-order valence-corrected chi connectivity index (χ2v) is 10.1. The fourth-order valence-corrected chi connectivity index (χ4v) is 5.40. The van der Waals surface area contributed by atoms with Crippen molar-refractivity contribution in [2.24, 2.45) is 7.05 Å². The zero-order valence-corrected chi connectivity index (χ0v) is 16.8. The molecule has 0 radical (unpaired) electrons. The number of nitrogens with zero attached hydrogens (tertiary/aromatic N) is 1. The quantitative estimate of drug-likeness (QED) is 0.309. The Hall–Kier alpha value is -0.950. The third-order valence-electron chi connectivity index (χ3n) is 3.43. The van der Waals surface area contributed by atoms with Crippen LogP contribution in [0, 0.1) is 0 Å². The lowest BCUT2D eigenvalue weighted by Crippen LogP contribution is -2.31. The largest absolute Gasteiger partial charge is 0.490 e. The second-order valence-electron chi connectivity index (χ2n) is 5.67. The summed E-state index contributed by atoms with van der Waals surface area (Å²) < 4.78 is 51.7. The van der Waals surface area contributed by atoms with Crippen molar-refractivity contribution in [2.75, 3.05) is 6.61 Å². The number of hydrogen-bond donors (Lipinski definition) is 5. The van der Waals surface area contributed by atoms with E-state index in [-0.39, 0.29) is 12.0 Å². The fraction of sp³-hybridized carbons (Fsp3) is 0.600. The van der Waals surface area contributed by atoms with Crippen LogP contribution < -0.4 is 11.2 Å². The molecule has 1 aromatic rings. The van der Waals surface area contributed by atoms with Gasteiger partial charge in [0.2, 0.25) is 0 Å². The second kappa shape index (κ2) is 8.42. The van der Waals surface area contributed by atoms with E-state index in [0.29, 0.717) is 6.42 Å². The van der Waals surface area contributed by atoms with Crippen molar-refractivity contribution in [2.45, 2.75) is 25.0 Å². The number of rotatable bonds is 8. The normalized spacial score (nSPS) is 24.6. The summed E-state index contributed by atoms with van der Waals surface area (Å²) in [6, 6.07) is 0. The lowest BCUT2D eigenvalue weighted by Gasteiger charge is -2.18. The van der Waals surface area contributed by atoms with Crippen molar-refractivity contribution in [3.63, 3.8) is 0 Å². The van der Waals surface area contributed by atoms with Crippen LogP contribution in [0.25, 0.3) is 0 Å². The first-order valence-corrected chi connectivity index (χ1v) is 11.9. The predicted molar refractivity (Wildman–Crippen MR) is 89.0 cm³/mol. The SMILES string of the molecule is Cn1cc([C@H]2CC[C@@H](COP(=O)(O)OP(=O)(O)OP(=O)(O)O)O2)c(=O)[nH]c1=O. The molecule has 0 aromatic carbocycles. The van der Waals surface area contributed by atoms with Gasteiger partial charge in [-0.15, -0.1) is 0 Å². The maximum atomic E-state index is 11.9. The Kier molecular flexibility index (Phi) is 7.02. The average molecular weight is 466 g/mol. The summed E-state index contributed by atoms with van der Waals surface area (Å²) in [5.74, 6) is 0. The van der Waals surface area contributed by atoms with Crippen LogP contribution in [0.4, 0.5) is 0 Å². The Morgan fingerprint density at radius 2 is 1.79 bits per heavy atom. The Balaban J connectivity index is 1.95. The van der Waals surface area contributed by atoms with E-state index in [1.807, 2.05) is 0 Å². The number of hydrogen-bond acceptors (Lipinski definition) is 9. The molecule has 5 N–H and O–H groups in total. The monoisotopic (exact) mass is 466 g/mol. The summed E-state index contributed by atoms with van der Waals surface area (Å²) in [5.41, 5.74) is -1.11. The lowest BCUT2D eigenvalue weighted by molar-refractivity contribution is 0.00923. The summed E-state index contributed by atoms with van der Waals surface area (Å²) >= 11 is 0. The van der Waals surface area contributed by atoms with Gasteiger partial charge in [0, 0.05) is 13.2 Å². The summed E-state index contributed by atoms with van der Waals surface area (Å²) in [5, 5.41) is 0. The number of H-pyrrole nitrogens is 1. The van der Waals surface area contributed by atoms with Gasteiger partial charge < -0.3 is 28.9 Å². The van der Waals surface area contributed by atoms with Gasteiger partial charge in [-0.25, -0.2) is 18.5 Å². The van der Waals surface area contributed by atoms with E-state index in [1.54, 1.807) is 0 Å². The number of phosphoric acid groups is 3. The molecule has 160 valence electrons. The van der Waals surface area contributed by atoms with Crippen LogP contribution in [0.2, 0.25) is 0 Å². The van der Waals surface area contributed by atoms with E-state index in [2.05, 4.69) is 18.1 Å². The molecule has 1 aliphatic rings. The molecule has 0 amide bonds. The molecule has 2 rings (SSSR count). The maximum Gasteiger partial charge on any atom is 0.490 e. The predicted octanol–water partition coefficient (Wildman–Crippen LogP) is -0.363. The van der Waals surface area contributed by atoms with E-state index >= 15 is 0 Å². The van der Waals surface area contributed by atoms with Crippen LogP contribution in [-0.2, 0) is 38.6 Å². The number of aromatic nitrogens is 2. The minimum atomic E-state index is -5.59. The van der Waals surface area contributed by atoms with E-state index in [0.717, 1.165) is 4.57 Å². The molecule has 28 heavy (non-hydrogen) atoms. The van der Waals surface area contributed by atoms with Gasteiger partial charge in [0.05, 0.1) is 24.4 Å². The highest BCUT2D eigenvalue weighted by molar-refractivity contribution is 7.66. The van der Waals surface area contributed by atoms with E-state index in [4.69, 9.17) is 19.4 Å². The highest BCUT2D eigenvalue weighted by Crippen LogP contribution is 2.66. The van der Waals surface area contributed by atoms with Gasteiger partial charge in [0.15, 0.2) is 0 Å². The fourth-order valence-electron chi connectivity index (χ4n) is 2.35. The Bertz CT molecular complexity index is 980. The molecule has 1 aromatic heterocycles. The lowest BCUT2D eigenvalue weighted by atomic mass is 10.1. The number of aryl methyl sites for hydroxylation is 1. The number of aromatic amines is 1. The highest BCUT2D eigenvalue weighted by atomic mass is 31.3. The zero-order valence-electron chi connectivity index (χ0n) is 14.1. The molecule has 0 saturated carbocycles. The minimum Gasteiger partial charge on any atom is -0.368 e. The van der Waals surface area contributed by atoms with Crippen molar-refractivity contribution in [1.82, 2.24) is 9.55 Å². The molecular weight excluding hydrogens is 449 g/mol. The third kappa shape index (κ3) is 6.83. The summed E-state index contributed by atoms with van der Waals surface area (Å²) in [6.07, 6.45) is 0.321. The van der Waals surface area contributed by atoms with Crippen molar-refractivity contribution in [3.05, 3.63) is 32.6 Å². The first kappa shape index (κ1) is 23.3. The first-order chi connectivity index (χ1) is 12.7. The Morgan fingerprint density at radius 1 is 1.14 bits per heavy atom. The van der Waals surface area contributed by atoms with Gasteiger partial charge in [-0.2, -0.15) is 8.62 Å². The molecule has 0 bridgehead atoms. The number of nitrogens with one attached hydrogen (secondary N) is 1. The van der Waals surface area contributed by atoms with Crippen LogP contribution >= 0.6 is 23.5 Å². The molecule has 2 heterocycles. The topological polar surface area (TPSA) is 224 Å². The molecule has 4 atom stereocenters. The first-order valence-electron chi connectivity index (χ1n) is 7.41. The summed E-state index contributed by atoms with van der Waals surface area (Å²) in [4.78, 5) is 60.7. The van der Waals surface area contributed by atoms with Crippen molar-refractivity contribution in [3.8, 4) is 0 Å². The number of ether oxygens (including phenoxy) is 1. The van der Waals surface area contributed by atoms with Crippen LogP contribution in [0.1, 0.15) is 24.5 Å². The molecule has 15 nitrogen and oxygen atoms in total. The minimum absolute atomic E-state index is 0.155. The molecule has 2 unspecified atom stereocenters. The molecule has 1 saturated heterocycles. The Labute approximate surface area is 156 Å². The van der Waals surface area contributed by atoms with E-state index in [9.17, 15) is 28.2 Å². The van der Waals surface area contributed by atoms with Gasteiger partial charge in [-0.1, -0.05) is 0 Å². The van der Waals surface area contributed by atoms with Gasteiger partial charge in [-0.3, -0.25) is 14.3 Å². The van der Waals surface area contributed by atoms with Crippen molar-refractivity contribution >= 4 is 23.5 Å². The van der Waals surface area contributed by atoms with Crippen LogP contribution in [0.5, 0.6) is 0 Å². The van der Waals surface area contributed by atoms with Gasteiger partial charge in [0.1, 0.15) is 0 Å². The summed E-state index contributed by atoms with van der Waals surface area (Å²) in [7, 11) is -14.9. The van der Waals surface area contributed by atoms with Crippen molar-refractivity contribution in [1.29, 1.82) is 0 Å². The molecule has 18 heteroatoms. The zero-order chi connectivity index (χ0) is 21.3. The van der Waals surface area contributed by atoms with Crippen LogP contribution in [0.3, 0.4) is 0 Å². The third-order valence-corrected chi connectivity index (χ3v) is 7.23. The number of phosphoric ester groups is 1. The molecular formula is C10H17N2O13P3. The maximum absolute atomic E-state index is 11.9. The molecule has 0 spiro atoms. The van der Waals surface area contributed by atoms with Crippen LogP contribution in [-0.4, -0.2) is 41.8 Å². The Morgan fingerprint density at radius 3 is 2.39 bits per heavy atom. The molecule has 0 aliphatic carbocycles.